The number of aromatic nitrogens is 1. The fraction of sp³-hybridized carbons (Fsp3) is 0.300. The lowest BCUT2D eigenvalue weighted by atomic mass is 10.1. The van der Waals surface area contributed by atoms with E-state index in [2.05, 4.69) is 10.9 Å². The molecule has 1 rings (SSSR count). The van der Waals surface area contributed by atoms with E-state index in [1.165, 1.54) is 0 Å². The van der Waals surface area contributed by atoms with Crippen molar-refractivity contribution in [3.8, 4) is 12.3 Å². The maximum absolute atomic E-state index is 5.67. The first kappa shape index (κ1) is 8.76. The van der Waals surface area contributed by atoms with E-state index >= 15 is 0 Å². The zero-order chi connectivity index (χ0) is 9.14. The number of nitrogens with two attached hydrogens (primary N) is 1. The molecule has 0 radical (unpaired) electrons. The Labute approximate surface area is 72.8 Å². The van der Waals surface area contributed by atoms with Crippen LogP contribution in [0.2, 0.25) is 0 Å². The van der Waals surface area contributed by atoms with Gasteiger partial charge in [0, 0.05) is 17.0 Å². The van der Waals surface area contributed by atoms with E-state index in [1.807, 2.05) is 26.0 Å². The molecule has 0 aliphatic heterocycles. The highest BCUT2D eigenvalue weighted by atomic mass is 14.7. The summed E-state index contributed by atoms with van der Waals surface area (Å²) in [6, 6.07) is 3.51. The summed E-state index contributed by atoms with van der Waals surface area (Å²) >= 11 is 0. The van der Waals surface area contributed by atoms with Crippen LogP contribution in [0, 0.1) is 26.2 Å². The fourth-order valence-electron chi connectivity index (χ4n) is 1.12. The Morgan fingerprint density at radius 3 is 2.67 bits per heavy atom. The fourth-order valence-corrected chi connectivity index (χ4v) is 1.12. The van der Waals surface area contributed by atoms with Crippen LogP contribution in [0.4, 0.5) is 0 Å². The quantitative estimate of drug-likeness (QED) is 0.629. The van der Waals surface area contributed by atoms with Crippen molar-refractivity contribution in [1.29, 1.82) is 0 Å². The van der Waals surface area contributed by atoms with Gasteiger partial charge < -0.3 is 5.73 Å². The largest absolute Gasteiger partial charge is 0.314 e. The van der Waals surface area contributed by atoms with Crippen molar-refractivity contribution in [3.05, 3.63) is 29.1 Å². The lowest BCUT2D eigenvalue weighted by Crippen LogP contribution is -2.10. The molecule has 2 heteroatoms. The lowest BCUT2D eigenvalue weighted by Gasteiger charge is -2.07. The van der Waals surface area contributed by atoms with Crippen LogP contribution in [-0.4, -0.2) is 4.98 Å². The molecule has 0 saturated carbocycles. The van der Waals surface area contributed by atoms with Crippen LogP contribution in [-0.2, 0) is 0 Å². The highest BCUT2D eigenvalue weighted by Crippen LogP contribution is 2.12. The van der Waals surface area contributed by atoms with Gasteiger partial charge in [-0.2, -0.15) is 0 Å². The monoisotopic (exact) mass is 160 g/mol. The summed E-state index contributed by atoms with van der Waals surface area (Å²) in [6.07, 6.45) is 5.21. The summed E-state index contributed by atoms with van der Waals surface area (Å²) in [4.78, 5) is 4.27. The van der Waals surface area contributed by atoms with Gasteiger partial charge in [0.1, 0.15) is 0 Å². The number of rotatable bonds is 1. The molecule has 0 aliphatic rings. The molecule has 1 aromatic heterocycles. The summed E-state index contributed by atoms with van der Waals surface area (Å²) in [7, 11) is 0. The Bertz CT molecular complexity index is 323. The van der Waals surface area contributed by atoms with Gasteiger partial charge in [0.2, 0.25) is 0 Å². The Morgan fingerprint density at radius 1 is 1.50 bits per heavy atom. The van der Waals surface area contributed by atoms with Crippen molar-refractivity contribution < 1.29 is 0 Å². The average molecular weight is 160 g/mol. The number of hydrogen-bond donors (Lipinski definition) is 1. The second-order valence-corrected chi connectivity index (χ2v) is 2.77. The molecule has 0 aliphatic carbocycles. The Hall–Kier alpha value is -1.33. The zero-order valence-electron chi connectivity index (χ0n) is 7.33. The van der Waals surface area contributed by atoms with E-state index in [0.29, 0.717) is 0 Å². The van der Waals surface area contributed by atoms with Crippen molar-refractivity contribution in [2.75, 3.05) is 0 Å². The Kier molecular flexibility index (Phi) is 2.47. The lowest BCUT2D eigenvalue weighted by molar-refractivity contribution is 0.904. The van der Waals surface area contributed by atoms with Crippen LogP contribution in [0.5, 0.6) is 0 Å². The minimum atomic E-state index is -0.335. The van der Waals surface area contributed by atoms with E-state index in [-0.39, 0.29) is 6.04 Å². The summed E-state index contributed by atoms with van der Waals surface area (Å²) in [6.45, 7) is 3.86. The minimum absolute atomic E-state index is 0.335. The maximum atomic E-state index is 5.67. The maximum Gasteiger partial charge on any atom is 0.0935 e. The molecule has 62 valence electrons. The van der Waals surface area contributed by atoms with Crippen molar-refractivity contribution in [2.24, 2.45) is 5.73 Å². The third-order valence-electron chi connectivity index (χ3n) is 1.78. The second kappa shape index (κ2) is 3.38. The van der Waals surface area contributed by atoms with Crippen LogP contribution in [0.25, 0.3) is 0 Å². The first-order chi connectivity index (χ1) is 5.65. The van der Waals surface area contributed by atoms with Gasteiger partial charge in [-0.1, -0.05) is 12.0 Å². The van der Waals surface area contributed by atoms with E-state index in [0.717, 1.165) is 17.0 Å². The van der Waals surface area contributed by atoms with Crippen molar-refractivity contribution in [3.63, 3.8) is 0 Å². The summed E-state index contributed by atoms with van der Waals surface area (Å²) in [5.41, 5.74) is 8.51. The highest BCUT2D eigenvalue weighted by molar-refractivity contribution is 5.29. The molecule has 1 atom stereocenters. The highest BCUT2D eigenvalue weighted by Gasteiger charge is 2.05. The van der Waals surface area contributed by atoms with Crippen LogP contribution in [0.15, 0.2) is 12.1 Å². The van der Waals surface area contributed by atoms with Crippen molar-refractivity contribution in [2.45, 2.75) is 19.9 Å². The molecular weight excluding hydrogens is 148 g/mol. The van der Waals surface area contributed by atoms with E-state index in [1.54, 1.807) is 0 Å². The molecule has 0 fully saturated rings. The van der Waals surface area contributed by atoms with Gasteiger partial charge in [-0.05, 0) is 19.9 Å². The van der Waals surface area contributed by atoms with E-state index in [9.17, 15) is 0 Å². The normalized spacial score (nSPS) is 12.2. The molecule has 2 N–H and O–H groups in total. The van der Waals surface area contributed by atoms with Crippen molar-refractivity contribution in [1.82, 2.24) is 4.98 Å². The summed E-state index contributed by atoms with van der Waals surface area (Å²) in [5.74, 6) is 2.48. The minimum Gasteiger partial charge on any atom is -0.314 e. The van der Waals surface area contributed by atoms with E-state index < -0.39 is 0 Å². The first-order valence-corrected chi connectivity index (χ1v) is 3.81. The Balaban J connectivity index is 3.11. The molecule has 1 aromatic rings. The number of nitrogens with zero attached hydrogens (tertiary/aromatic N) is 1. The number of aryl methyl sites for hydroxylation is 2. The second-order valence-electron chi connectivity index (χ2n) is 2.77. The molecule has 0 spiro atoms. The van der Waals surface area contributed by atoms with Crippen LogP contribution in [0.1, 0.15) is 23.0 Å². The third-order valence-corrected chi connectivity index (χ3v) is 1.78. The standard InChI is InChI=1S/C10H12N2/c1-4-10(11)9-6-5-7(2)12-8(9)3/h1,5-6,10H,11H2,2-3H3. The summed E-state index contributed by atoms with van der Waals surface area (Å²) < 4.78 is 0. The molecular formula is C10H12N2. The molecule has 0 saturated heterocycles. The number of hydrogen-bond acceptors (Lipinski definition) is 2. The molecule has 0 bridgehead atoms. The smallest absolute Gasteiger partial charge is 0.0935 e. The van der Waals surface area contributed by atoms with Gasteiger partial charge in [0.15, 0.2) is 0 Å². The molecule has 1 heterocycles. The SMILES string of the molecule is C#CC(N)c1ccc(C)nc1C. The Morgan fingerprint density at radius 2 is 2.17 bits per heavy atom. The summed E-state index contributed by atoms with van der Waals surface area (Å²) in [5, 5.41) is 0. The van der Waals surface area contributed by atoms with Crippen LogP contribution >= 0.6 is 0 Å². The first-order valence-electron chi connectivity index (χ1n) is 3.81. The third kappa shape index (κ3) is 1.63. The van der Waals surface area contributed by atoms with Crippen LogP contribution < -0.4 is 5.73 Å². The zero-order valence-corrected chi connectivity index (χ0v) is 7.33. The van der Waals surface area contributed by atoms with Gasteiger partial charge >= 0.3 is 0 Å². The predicted molar refractivity (Wildman–Crippen MR) is 49.5 cm³/mol. The molecule has 0 aromatic carbocycles. The topological polar surface area (TPSA) is 38.9 Å². The molecule has 1 unspecified atom stereocenters. The molecule has 12 heavy (non-hydrogen) atoms. The van der Waals surface area contributed by atoms with Gasteiger partial charge in [0.05, 0.1) is 6.04 Å². The number of terminal acetylenes is 1. The average Bonchev–Trinajstić information content (AvgIpc) is 2.03. The van der Waals surface area contributed by atoms with Gasteiger partial charge in [-0.3, -0.25) is 4.98 Å². The number of pyridine rings is 1. The van der Waals surface area contributed by atoms with Crippen molar-refractivity contribution >= 4 is 0 Å². The van der Waals surface area contributed by atoms with Crippen LogP contribution in [0.3, 0.4) is 0 Å². The molecule has 0 amide bonds. The molecule has 2 nitrogen and oxygen atoms in total. The van der Waals surface area contributed by atoms with Gasteiger partial charge in [-0.25, -0.2) is 0 Å². The predicted octanol–water partition coefficient (Wildman–Crippen LogP) is 1.33. The van der Waals surface area contributed by atoms with Gasteiger partial charge in [0.25, 0.3) is 0 Å². The van der Waals surface area contributed by atoms with Gasteiger partial charge in [-0.15, -0.1) is 6.42 Å². The van der Waals surface area contributed by atoms with E-state index in [4.69, 9.17) is 12.2 Å².